The van der Waals surface area contributed by atoms with Gasteiger partial charge in [-0.3, -0.25) is 4.79 Å². The molecular formula is C17H37NO2. The zero-order valence-electron chi connectivity index (χ0n) is 14.2. The molecule has 0 amide bonds. The van der Waals surface area contributed by atoms with Crippen LogP contribution < -0.4 is 5.73 Å². The van der Waals surface area contributed by atoms with Crippen LogP contribution in [-0.4, -0.2) is 19.1 Å². The summed E-state index contributed by atoms with van der Waals surface area (Å²) in [5, 5.41) is 0. The predicted molar refractivity (Wildman–Crippen MR) is 89.0 cm³/mol. The summed E-state index contributed by atoms with van der Waals surface area (Å²) < 4.78 is 0. The number of ketones is 1. The van der Waals surface area contributed by atoms with Gasteiger partial charge in [0, 0.05) is 6.42 Å². The van der Waals surface area contributed by atoms with Gasteiger partial charge in [0.1, 0.15) is 12.1 Å². The highest BCUT2D eigenvalue weighted by Crippen LogP contribution is 2.10. The quantitative estimate of drug-likeness (QED) is 0.322. The lowest BCUT2D eigenvalue weighted by molar-refractivity contribution is -0.122. The number of Topliss-reactive ketones (excluding diaryl/α,β-unsaturated/α-hetero) is 1. The van der Waals surface area contributed by atoms with Crippen LogP contribution in [0.4, 0.5) is 0 Å². The average Bonchev–Trinajstić information content (AvgIpc) is 2.50. The third-order valence-electron chi connectivity index (χ3n) is 2.87. The SMILES string of the molecule is CC.CCCCCCCCCCCC(=O)CC=O.CN. The summed E-state index contributed by atoms with van der Waals surface area (Å²) >= 11 is 0. The Morgan fingerprint density at radius 1 is 0.850 bits per heavy atom. The monoisotopic (exact) mass is 287 g/mol. The summed E-state index contributed by atoms with van der Waals surface area (Å²) in [6, 6.07) is 0. The van der Waals surface area contributed by atoms with E-state index in [1.165, 1.54) is 52.0 Å². The highest BCUT2D eigenvalue weighted by molar-refractivity contribution is 5.89. The van der Waals surface area contributed by atoms with Gasteiger partial charge in [0.05, 0.1) is 6.42 Å². The van der Waals surface area contributed by atoms with E-state index >= 15 is 0 Å². The summed E-state index contributed by atoms with van der Waals surface area (Å²) in [5.41, 5.74) is 4.50. The molecular weight excluding hydrogens is 250 g/mol. The Balaban J connectivity index is -0.000000656. The molecule has 0 aliphatic carbocycles. The fraction of sp³-hybridized carbons (Fsp3) is 0.882. The van der Waals surface area contributed by atoms with Crippen LogP contribution in [0.25, 0.3) is 0 Å². The Bertz CT molecular complexity index is 182. The van der Waals surface area contributed by atoms with Crippen molar-refractivity contribution >= 4 is 12.1 Å². The third kappa shape index (κ3) is 26.0. The molecule has 0 saturated carbocycles. The van der Waals surface area contributed by atoms with E-state index in [0.717, 1.165) is 12.8 Å². The Kier molecular flexibility index (Phi) is 32.6. The van der Waals surface area contributed by atoms with Gasteiger partial charge in [0.15, 0.2) is 0 Å². The zero-order valence-corrected chi connectivity index (χ0v) is 14.2. The molecule has 0 aliphatic rings. The van der Waals surface area contributed by atoms with E-state index in [0.29, 0.717) is 12.7 Å². The Labute approximate surface area is 126 Å². The molecule has 0 rings (SSSR count). The molecule has 0 aromatic heterocycles. The molecule has 0 radical (unpaired) electrons. The summed E-state index contributed by atoms with van der Waals surface area (Å²) in [7, 11) is 1.50. The largest absolute Gasteiger partial charge is 0.333 e. The Morgan fingerprint density at radius 2 is 1.25 bits per heavy atom. The molecule has 0 unspecified atom stereocenters. The van der Waals surface area contributed by atoms with Gasteiger partial charge >= 0.3 is 0 Å². The van der Waals surface area contributed by atoms with Crippen LogP contribution in [0.15, 0.2) is 0 Å². The number of hydrogen-bond acceptors (Lipinski definition) is 3. The second-order valence-electron chi connectivity index (χ2n) is 4.49. The van der Waals surface area contributed by atoms with Gasteiger partial charge in [0.2, 0.25) is 0 Å². The lowest BCUT2D eigenvalue weighted by atomic mass is 10.1. The van der Waals surface area contributed by atoms with Crippen molar-refractivity contribution in [3.8, 4) is 0 Å². The van der Waals surface area contributed by atoms with Crippen molar-refractivity contribution in [3.05, 3.63) is 0 Å². The molecule has 0 aliphatic heterocycles. The van der Waals surface area contributed by atoms with E-state index in [-0.39, 0.29) is 12.2 Å². The van der Waals surface area contributed by atoms with Gasteiger partial charge in [-0.2, -0.15) is 0 Å². The first-order valence-corrected chi connectivity index (χ1v) is 8.34. The van der Waals surface area contributed by atoms with E-state index in [4.69, 9.17) is 0 Å². The topological polar surface area (TPSA) is 60.2 Å². The van der Waals surface area contributed by atoms with Gasteiger partial charge in [0.25, 0.3) is 0 Å². The van der Waals surface area contributed by atoms with Gasteiger partial charge in [-0.25, -0.2) is 0 Å². The molecule has 0 spiro atoms. The van der Waals surface area contributed by atoms with Crippen molar-refractivity contribution in [3.63, 3.8) is 0 Å². The lowest BCUT2D eigenvalue weighted by Crippen LogP contribution is -1.97. The fourth-order valence-corrected chi connectivity index (χ4v) is 1.83. The van der Waals surface area contributed by atoms with Crippen LogP contribution in [0, 0.1) is 0 Å². The number of nitrogens with two attached hydrogens (primary N) is 1. The Hall–Kier alpha value is -0.700. The Morgan fingerprint density at radius 3 is 1.65 bits per heavy atom. The number of hydrogen-bond donors (Lipinski definition) is 1. The molecule has 0 bridgehead atoms. The molecule has 3 heteroatoms. The van der Waals surface area contributed by atoms with Crippen LogP contribution in [0.1, 0.15) is 91.4 Å². The van der Waals surface area contributed by atoms with Gasteiger partial charge < -0.3 is 10.5 Å². The second kappa shape index (κ2) is 26.8. The van der Waals surface area contributed by atoms with Gasteiger partial charge in [-0.15, -0.1) is 0 Å². The molecule has 0 atom stereocenters. The fourth-order valence-electron chi connectivity index (χ4n) is 1.83. The maximum atomic E-state index is 11.0. The molecule has 0 fully saturated rings. The van der Waals surface area contributed by atoms with E-state index in [1.54, 1.807) is 0 Å². The van der Waals surface area contributed by atoms with Crippen LogP contribution in [-0.2, 0) is 9.59 Å². The van der Waals surface area contributed by atoms with Crippen molar-refractivity contribution in [2.75, 3.05) is 7.05 Å². The molecule has 2 N–H and O–H groups in total. The summed E-state index contributed by atoms with van der Waals surface area (Å²) in [6.07, 6.45) is 12.8. The molecule has 0 heterocycles. The van der Waals surface area contributed by atoms with Crippen molar-refractivity contribution in [1.29, 1.82) is 0 Å². The van der Waals surface area contributed by atoms with Crippen molar-refractivity contribution in [1.82, 2.24) is 0 Å². The number of aldehydes is 1. The molecule has 0 aromatic rings. The van der Waals surface area contributed by atoms with E-state index in [2.05, 4.69) is 12.7 Å². The highest BCUT2D eigenvalue weighted by atomic mass is 16.1. The highest BCUT2D eigenvalue weighted by Gasteiger charge is 1.99. The maximum Gasteiger partial charge on any atom is 0.139 e. The smallest absolute Gasteiger partial charge is 0.139 e. The minimum atomic E-state index is 0.0953. The maximum absolute atomic E-state index is 11.0. The standard InChI is InChI=1S/C14H26O2.C2H6.CH5N/c1-2-3-4-5-6-7-8-9-10-11-14(16)12-13-15;2*1-2/h13H,2-12H2,1H3;1-2H3;2H2,1H3. The first-order valence-electron chi connectivity index (χ1n) is 8.34. The number of carbonyl (C=O) groups excluding carboxylic acids is 2. The number of carbonyl (C=O) groups is 2. The zero-order chi connectivity index (χ0) is 16.1. The summed E-state index contributed by atoms with van der Waals surface area (Å²) in [6.45, 7) is 6.23. The number of unbranched alkanes of at least 4 members (excludes halogenated alkanes) is 8. The van der Waals surface area contributed by atoms with Crippen LogP contribution in [0.3, 0.4) is 0 Å². The summed E-state index contributed by atoms with van der Waals surface area (Å²) in [5.74, 6) is 0.0953. The van der Waals surface area contributed by atoms with Crippen molar-refractivity contribution < 1.29 is 9.59 Å². The molecule has 0 saturated heterocycles. The van der Waals surface area contributed by atoms with E-state index in [9.17, 15) is 9.59 Å². The van der Waals surface area contributed by atoms with Crippen LogP contribution in [0.5, 0.6) is 0 Å². The van der Waals surface area contributed by atoms with Crippen molar-refractivity contribution in [2.45, 2.75) is 91.4 Å². The first-order chi connectivity index (χ1) is 9.81. The van der Waals surface area contributed by atoms with Gasteiger partial charge in [-0.05, 0) is 13.5 Å². The minimum Gasteiger partial charge on any atom is -0.333 e. The minimum absolute atomic E-state index is 0.0953. The van der Waals surface area contributed by atoms with E-state index < -0.39 is 0 Å². The normalized spacial score (nSPS) is 8.85. The van der Waals surface area contributed by atoms with Gasteiger partial charge in [-0.1, -0.05) is 72.1 Å². The van der Waals surface area contributed by atoms with Crippen LogP contribution >= 0.6 is 0 Å². The molecule has 122 valence electrons. The molecule has 0 aromatic carbocycles. The lowest BCUT2D eigenvalue weighted by Gasteiger charge is -2.01. The van der Waals surface area contributed by atoms with Crippen LogP contribution in [0.2, 0.25) is 0 Å². The predicted octanol–water partition coefficient (Wildman–Crippen LogP) is 4.67. The van der Waals surface area contributed by atoms with Crippen molar-refractivity contribution in [2.24, 2.45) is 5.73 Å². The molecule has 3 nitrogen and oxygen atoms in total. The molecule has 20 heavy (non-hydrogen) atoms. The number of rotatable bonds is 12. The van der Waals surface area contributed by atoms with E-state index in [1.807, 2.05) is 13.8 Å². The second-order valence-corrected chi connectivity index (χ2v) is 4.49. The third-order valence-corrected chi connectivity index (χ3v) is 2.87. The first kappa shape index (κ1) is 24.3. The summed E-state index contributed by atoms with van der Waals surface area (Å²) in [4.78, 5) is 21.1. The average molecular weight is 287 g/mol.